The van der Waals surface area contributed by atoms with Crippen molar-refractivity contribution in [3.63, 3.8) is 0 Å². The van der Waals surface area contributed by atoms with Crippen molar-refractivity contribution >= 4 is 11.8 Å². The SMILES string of the molecule is CCSc1ccc(-c2noc([C@@H](N)CO)n2)cc1. The first-order valence-electron chi connectivity index (χ1n) is 5.68. The Morgan fingerprint density at radius 3 is 2.72 bits per heavy atom. The van der Waals surface area contributed by atoms with Crippen LogP contribution in [0.3, 0.4) is 0 Å². The zero-order valence-electron chi connectivity index (χ0n) is 10.0. The van der Waals surface area contributed by atoms with Crippen LogP contribution in [0.4, 0.5) is 0 Å². The predicted molar refractivity (Wildman–Crippen MR) is 70.1 cm³/mol. The van der Waals surface area contributed by atoms with E-state index in [0.29, 0.717) is 5.82 Å². The molecule has 1 heterocycles. The summed E-state index contributed by atoms with van der Waals surface area (Å²) >= 11 is 1.78. The fourth-order valence-electron chi connectivity index (χ4n) is 1.45. The molecular weight excluding hydrogens is 250 g/mol. The van der Waals surface area contributed by atoms with E-state index in [1.807, 2.05) is 24.3 Å². The van der Waals surface area contributed by atoms with E-state index in [2.05, 4.69) is 17.1 Å². The van der Waals surface area contributed by atoms with E-state index in [9.17, 15) is 0 Å². The lowest BCUT2D eigenvalue weighted by Gasteiger charge is -1.99. The third kappa shape index (κ3) is 2.90. The van der Waals surface area contributed by atoms with Crippen LogP contribution in [0.2, 0.25) is 0 Å². The Balaban J connectivity index is 2.18. The Labute approximate surface area is 109 Å². The monoisotopic (exact) mass is 265 g/mol. The van der Waals surface area contributed by atoms with Crippen LogP contribution in [-0.4, -0.2) is 27.6 Å². The molecule has 0 radical (unpaired) electrons. The maximum absolute atomic E-state index is 8.91. The molecule has 0 amide bonds. The molecule has 6 heteroatoms. The molecule has 0 spiro atoms. The van der Waals surface area contributed by atoms with E-state index >= 15 is 0 Å². The maximum Gasteiger partial charge on any atom is 0.246 e. The van der Waals surface area contributed by atoms with Crippen molar-refractivity contribution in [1.82, 2.24) is 10.1 Å². The van der Waals surface area contributed by atoms with Gasteiger partial charge in [-0.25, -0.2) is 0 Å². The van der Waals surface area contributed by atoms with Crippen LogP contribution < -0.4 is 5.73 Å². The van der Waals surface area contributed by atoms with Gasteiger partial charge in [-0.3, -0.25) is 0 Å². The number of rotatable bonds is 5. The summed E-state index contributed by atoms with van der Waals surface area (Å²) in [5.41, 5.74) is 6.47. The van der Waals surface area contributed by atoms with Crippen LogP contribution in [0.1, 0.15) is 18.9 Å². The van der Waals surface area contributed by atoms with E-state index in [0.717, 1.165) is 11.3 Å². The predicted octanol–water partition coefficient (Wildman–Crippen LogP) is 1.84. The first-order chi connectivity index (χ1) is 8.74. The number of nitrogens with two attached hydrogens (primary N) is 1. The number of aromatic nitrogens is 2. The molecular formula is C12H15N3O2S. The van der Waals surface area contributed by atoms with Gasteiger partial charge >= 0.3 is 0 Å². The zero-order chi connectivity index (χ0) is 13.0. The van der Waals surface area contributed by atoms with Crippen LogP contribution >= 0.6 is 11.8 Å². The van der Waals surface area contributed by atoms with Crippen molar-refractivity contribution in [2.75, 3.05) is 12.4 Å². The lowest BCUT2D eigenvalue weighted by atomic mass is 10.2. The van der Waals surface area contributed by atoms with Gasteiger partial charge in [0.1, 0.15) is 6.04 Å². The fraction of sp³-hybridized carbons (Fsp3) is 0.333. The van der Waals surface area contributed by atoms with Crippen molar-refractivity contribution in [3.05, 3.63) is 30.2 Å². The minimum atomic E-state index is -0.624. The van der Waals surface area contributed by atoms with Crippen molar-refractivity contribution in [2.24, 2.45) is 5.73 Å². The molecule has 1 atom stereocenters. The molecule has 2 aromatic rings. The Kier molecular flexibility index (Phi) is 4.35. The smallest absolute Gasteiger partial charge is 0.246 e. The number of aliphatic hydroxyl groups excluding tert-OH is 1. The first kappa shape index (κ1) is 13.1. The number of aliphatic hydroxyl groups is 1. The average Bonchev–Trinajstić information content (AvgIpc) is 2.89. The van der Waals surface area contributed by atoms with E-state index in [4.69, 9.17) is 15.4 Å². The van der Waals surface area contributed by atoms with Gasteiger partial charge in [-0.2, -0.15) is 4.98 Å². The molecule has 0 aliphatic carbocycles. The molecule has 18 heavy (non-hydrogen) atoms. The molecule has 0 saturated carbocycles. The second kappa shape index (κ2) is 5.99. The Hall–Kier alpha value is -1.37. The molecule has 1 aromatic carbocycles. The molecule has 0 unspecified atom stereocenters. The summed E-state index contributed by atoms with van der Waals surface area (Å²) in [6.07, 6.45) is 0. The average molecular weight is 265 g/mol. The topological polar surface area (TPSA) is 85.2 Å². The van der Waals surface area contributed by atoms with Gasteiger partial charge in [-0.1, -0.05) is 12.1 Å². The normalized spacial score (nSPS) is 12.6. The highest BCUT2D eigenvalue weighted by Gasteiger charge is 2.14. The Morgan fingerprint density at radius 2 is 2.11 bits per heavy atom. The van der Waals surface area contributed by atoms with Crippen LogP contribution in [0, 0.1) is 0 Å². The lowest BCUT2D eigenvalue weighted by molar-refractivity contribution is 0.237. The minimum Gasteiger partial charge on any atom is -0.394 e. The van der Waals surface area contributed by atoms with E-state index in [1.54, 1.807) is 11.8 Å². The molecule has 0 saturated heterocycles. The Morgan fingerprint density at radius 1 is 1.39 bits per heavy atom. The van der Waals surface area contributed by atoms with E-state index in [-0.39, 0.29) is 12.5 Å². The van der Waals surface area contributed by atoms with Crippen LogP contribution in [0.15, 0.2) is 33.7 Å². The van der Waals surface area contributed by atoms with E-state index in [1.165, 1.54) is 4.90 Å². The second-order valence-electron chi connectivity index (χ2n) is 3.70. The highest BCUT2D eigenvalue weighted by molar-refractivity contribution is 7.99. The molecule has 0 aliphatic rings. The van der Waals surface area contributed by atoms with Gasteiger partial charge in [0.15, 0.2) is 0 Å². The number of hydrogen-bond donors (Lipinski definition) is 2. The number of thioether (sulfide) groups is 1. The van der Waals surface area contributed by atoms with Gasteiger partial charge < -0.3 is 15.4 Å². The molecule has 0 fully saturated rings. The molecule has 96 valence electrons. The third-order valence-corrected chi connectivity index (χ3v) is 3.27. The summed E-state index contributed by atoms with van der Waals surface area (Å²) in [5, 5.41) is 12.8. The quantitative estimate of drug-likeness (QED) is 0.802. The molecule has 5 nitrogen and oxygen atoms in total. The lowest BCUT2D eigenvalue weighted by Crippen LogP contribution is -2.14. The van der Waals surface area contributed by atoms with Crippen LogP contribution in [0.5, 0.6) is 0 Å². The largest absolute Gasteiger partial charge is 0.394 e. The molecule has 1 aromatic heterocycles. The fourth-order valence-corrected chi connectivity index (χ4v) is 2.11. The van der Waals surface area contributed by atoms with Crippen LogP contribution in [-0.2, 0) is 0 Å². The van der Waals surface area contributed by atoms with Crippen molar-refractivity contribution in [2.45, 2.75) is 17.9 Å². The van der Waals surface area contributed by atoms with Gasteiger partial charge in [0.05, 0.1) is 6.61 Å². The van der Waals surface area contributed by atoms with Crippen molar-refractivity contribution in [1.29, 1.82) is 0 Å². The summed E-state index contributed by atoms with van der Waals surface area (Å²) in [6, 6.07) is 7.30. The number of hydrogen-bond acceptors (Lipinski definition) is 6. The summed E-state index contributed by atoms with van der Waals surface area (Å²) in [4.78, 5) is 5.36. The number of benzene rings is 1. The highest BCUT2D eigenvalue weighted by Crippen LogP contribution is 2.22. The maximum atomic E-state index is 8.91. The molecule has 0 bridgehead atoms. The second-order valence-corrected chi connectivity index (χ2v) is 5.04. The Bertz CT molecular complexity index is 498. The summed E-state index contributed by atoms with van der Waals surface area (Å²) in [6.45, 7) is 1.90. The number of nitrogens with zero attached hydrogens (tertiary/aromatic N) is 2. The van der Waals surface area contributed by atoms with Crippen molar-refractivity contribution in [3.8, 4) is 11.4 Å². The van der Waals surface area contributed by atoms with Gasteiger partial charge in [0.2, 0.25) is 11.7 Å². The zero-order valence-corrected chi connectivity index (χ0v) is 10.9. The summed E-state index contributed by atoms with van der Waals surface area (Å²) in [5.74, 6) is 1.78. The van der Waals surface area contributed by atoms with Gasteiger partial charge in [-0.05, 0) is 30.0 Å². The van der Waals surface area contributed by atoms with E-state index < -0.39 is 6.04 Å². The molecule has 3 N–H and O–H groups in total. The standard InChI is InChI=1S/C12H15N3O2S/c1-2-18-9-5-3-8(4-6-9)11-14-12(17-15-11)10(13)7-16/h3-6,10,16H,2,7,13H2,1H3/t10-/m0/s1. The van der Waals surface area contributed by atoms with Crippen LogP contribution in [0.25, 0.3) is 11.4 Å². The summed E-state index contributed by atoms with van der Waals surface area (Å²) in [7, 11) is 0. The molecule has 0 aliphatic heterocycles. The molecule has 2 rings (SSSR count). The van der Waals surface area contributed by atoms with Crippen molar-refractivity contribution < 1.29 is 9.63 Å². The van der Waals surface area contributed by atoms with Gasteiger partial charge in [0, 0.05) is 10.5 Å². The summed E-state index contributed by atoms with van der Waals surface area (Å²) < 4.78 is 5.00. The minimum absolute atomic E-state index is 0.215. The first-order valence-corrected chi connectivity index (χ1v) is 6.66. The third-order valence-electron chi connectivity index (χ3n) is 2.38. The van der Waals surface area contributed by atoms with Gasteiger partial charge in [-0.15, -0.1) is 11.8 Å². The highest BCUT2D eigenvalue weighted by atomic mass is 32.2. The van der Waals surface area contributed by atoms with Gasteiger partial charge in [0.25, 0.3) is 0 Å².